The number of nitrogens with zero attached hydrogens (tertiary/aromatic N) is 5. The summed E-state index contributed by atoms with van der Waals surface area (Å²) in [7, 11) is 0. The lowest BCUT2D eigenvalue weighted by atomic mass is 9.96. The Morgan fingerprint density at radius 2 is 1.81 bits per heavy atom. The maximum absolute atomic E-state index is 14.6. The summed E-state index contributed by atoms with van der Waals surface area (Å²) in [6.45, 7) is 5.73. The number of rotatable bonds is 3. The molecule has 6 aliphatic rings. The molecule has 3 N–H and O–H groups in total. The zero-order valence-electron chi connectivity index (χ0n) is 26.7. The molecule has 14 heteroatoms. The summed E-state index contributed by atoms with van der Waals surface area (Å²) in [5, 5.41) is 17.9. The van der Waals surface area contributed by atoms with Gasteiger partial charge in [-0.05, 0) is 38.7 Å². The van der Waals surface area contributed by atoms with Crippen LogP contribution in [0.2, 0.25) is 0 Å². The van der Waals surface area contributed by atoms with E-state index in [2.05, 4.69) is 10.6 Å². The van der Waals surface area contributed by atoms with Crippen molar-refractivity contribution in [1.82, 2.24) is 35.2 Å². The number of phenols is 1. The number of hydrogen-bond acceptors (Lipinski definition) is 9. The number of likely N-dealkylation sites (tertiary alicyclic amines) is 1. The molecular weight excluding hydrogens is 622 g/mol. The predicted molar refractivity (Wildman–Crippen MR) is 173 cm³/mol. The zero-order valence-corrected chi connectivity index (χ0v) is 27.5. The third-order valence-electron chi connectivity index (χ3n) is 10.3. The second-order valence-corrected chi connectivity index (χ2v) is 14.6. The molecule has 4 atom stereocenters. The number of morpholine rings is 1. The smallest absolute Gasteiger partial charge is 0.320 e. The van der Waals surface area contributed by atoms with Crippen molar-refractivity contribution in [3.63, 3.8) is 0 Å². The summed E-state index contributed by atoms with van der Waals surface area (Å²) in [5.74, 6) is -0.109. The second kappa shape index (κ2) is 13.4. The maximum Gasteiger partial charge on any atom is 0.320 e. The highest BCUT2D eigenvalue weighted by molar-refractivity contribution is 7.11. The highest BCUT2D eigenvalue weighted by Gasteiger charge is 2.49. The Bertz CT molecular complexity index is 1520. The SMILES string of the molecule is Cc1sc2nc1CC(=O)N[C@@H]1C[C@@H](C(=O)N3C[C@@H](NCc4ccccc4O)C[C@H]3C(=O)N3CCC2CC3)N(C(=O)N2CCOCC2)C1. The number of hydrogen-bond donors (Lipinski definition) is 3. The highest BCUT2D eigenvalue weighted by atomic mass is 32.1. The first kappa shape index (κ1) is 31.8. The number of benzene rings is 1. The number of aromatic nitrogens is 1. The Hall–Kier alpha value is -3.75. The number of amides is 5. The molecule has 2 aromatic rings. The van der Waals surface area contributed by atoms with Gasteiger partial charge in [0.2, 0.25) is 17.7 Å². The van der Waals surface area contributed by atoms with Crippen LogP contribution in [0.5, 0.6) is 5.75 Å². The minimum Gasteiger partial charge on any atom is -0.508 e. The topological polar surface area (TPSA) is 148 Å². The number of carbonyl (C=O) groups excluding carboxylic acids is 4. The molecule has 5 amide bonds. The molecule has 1 aromatic heterocycles. The van der Waals surface area contributed by atoms with Gasteiger partial charge in [0.15, 0.2) is 0 Å². The fourth-order valence-corrected chi connectivity index (χ4v) is 8.77. The number of aryl methyl sites for hydroxylation is 1. The van der Waals surface area contributed by atoms with Crippen LogP contribution < -0.4 is 10.6 Å². The largest absolute Gasteiger partial charge is 0.508 e. The third-order valence-corrected chi connectivity index (χ3v) is 11.5. The molecule has 0 spiro atoms. The van der Waals surface area contributed by atoms with Crippen LogP contribution in [0.4, 0.5) is 4.79 Å². The Morgan fingerprint density at radius 3 is 2.57 bits per heavy atom. The first-order valence-corrected chi connectivity index (χ1v) is 17.5. The van der Waals surface area contributed by atoms with Gasteiger partial charge >= 0.3 is 6.03 Å². The minimum absolute atomic E-state index is 0.0714. The molecule has 8 rings (SSSR count). The number of nitrogens with one attached hydrogen (secondary N) is 2. The Labute approximate surface area is 278 Å². The van der Waals surface area contributed by atoms with Gasteiger partial charge in [0.05, 0.1) is 30.3 Å². The van der Waals surface area contributed by atoms with E-state index in [4.69, 9.17) is 9.72 Å². The van der Waals surface area contributed by atoms with E-state index in [1.807, 2.05) is 24.0 Å². The number of thiazole rings is 1. The van der Waals surface area contributed by atoms with Gasteiger partial charge in [-0.3, -0.25) is 14.4 Å². The lowest BCUT2D eigenvalue weighted by Crippen LogP contribution is -2.56. The van der Waals surface area contributed by atoms with Crippen LogP contribution in [-0.4, -0.2) is 130 Å². The first-order valence-electron chi connectivity index (χ1n) is 16.7. The van der Waals surface area contributed by atoms with Gasteiger partial charge in [-0.25, -0.2) is 9.78 Å². The van der Waals surface area contributed by atoms with Crippen molar-refractivity contribution in [2.75, 3.05) is 52.5 Å². The van der Waals surface area contributed by atoms with Crippen LogP contribution in [0.25, 0.3) is 0 Å². The van der Waals surface area contributed by atoms with E-state index in [0.717, 1.165) is 34.0 Å². The first-order chi connectivity index (χ1) is 22.7. The van der Waals surface area contributed by atoms with Crippen LogP contribution in [-0.2, 0) is 32.1 Å². The van der Waals surface area contributed by atoms with Gasteiger partial charge in [-0.15, -0.1) is 11.3 Å². The van der Waals surface area contributed by atoms with Crippen LogP contribution in [0.3, 0.4) is 0 Å². The molecule has 0 unspecified atom stereocenters. The van der Waals surface area contributed by atoms with E-state index >= 15 is 0 Å². The van der Waals surface area contributed by atoms with Crippen molar-refractivity contribution < 1.29 is 29.0 Å². The summed E-state index contributed by atoms with van der Waals surface area (Å²) in [5.41, 5.74) is 1.50. The summed E-state index contributed by atoms with van der Waals surface area (Å²) < 4.78 is 5.46. The average Bonchev–Trinajstić information content (AvgIpc) is 3.80. The van der Waals surface area contributed by atoms with E-state index < -0.39 is 18.1 Å². The second-order valence-electron chi connectivity index (χ2n) is 13.3. The number of urea groups is 1. The Kier molecular flexibility index (Phi) is 9.07. The number of ether oxygens (including phenoxy) is 1. The lowest BCUT2D eigenvalue weighted by Gasteiger charge is -2.37. The summed E-state index contributed by atoms with van der Waals surface area (Å²) in [4.78, 5) is 68.8. The summed E-state index contributed by atoms with van der Waals surface area (Å²) >= 11 is 1.63. The van der Waals surface area contributed by atoms with Crippen molar-refractivity contribution in [3.05, 3.63) is 45.4 Å². The monoisotopic (exact) mass is 665 g/mol. The van der Waals surface area contributed by atoms with E-state index in [-0.39, 0.29) is 60.8 Å². The van der Waals surface area contributed by atoms with Gasteiger partial charge in [0, 0.05) is 74.3 Å². The molecule has 4 saturated heterocycles. The fraction of sp³-hybridized carbons (Fsp3) is 0.606. The van der Waals surface area contributed by atoms with E-state index in [1.54, 1.807) is 38.2 Å². The van der Waals surface area contributed by atoms with Gasteiger partial charge < -0.3 is 40.1 Å². The van der Waals surface area contributed by atoms with Crippen molar-refractivity contribution in [3.8, 4) is 5.75 Å². The zero-order chi connectivity index (χ0) is 32.7. The quantitative estimate of drug-likeness (QED) is 0.443. The van der Waals surface area contributed by atoms with Gasteiger partial charge in [-0.2, -0.15) is 0 Å². The highest BCUT2D eigenvalue weighted by Crippen LogP contribution is 2.35. The van der Waals surface area contributed by atoms with Crippen LogP contribution >= 0.6 is 11.3 Å². The number of piperidine rings is 1. The Morgan fingerprint density at radius 1 is 1.04 bits per heavy atom. The maximum atomic E-state index is 14.6. The fourth-order valence-electron chi connectivity index (χ4n) is 7.67. The lowest BCUT2D eigenvalue weighted by molar-refractivity contribution is -0.146. The van der Waals surface area contributed by atoms with E-state index in [0.29, 0.717) is 58.9 Å². The van der Waals surface area contributed by atoms with E-state index in [9.17, 15) is 24.3 Å². The van der Waals surface area contributed by atoms with Crippen LogP contribution in [0.15, 0.2) is 24.3 Å². The number of fused-ring (bicyclic) bond motifs is 4. The molecule has 47 heavy (non-hydrogen) atoms. The molecule has 0 aliphatic carbocycles. The molecule has 1 aromatic carbocycles. The number of para-hydroxylation sites is 1. The van der Waals surface area contributed by atoms with Crippen LogP contribution in [0, 0.1) is 6.92 Å². The Balaban J connectivity index is 1.19. The predicted octanol–water partition coefficient (Wildman–Crippen LogP) is 1.19. The molecule has 252 valence electrons. The van der Waals surface area contributed by atoms with Crippen molar-refractivity contribution in [2.45, 2.75) is 75.7 Å². The van der Waals surface area contributed by atoms with Crippen molar-refractivity contribution >= 4 is 35.1 Å². The van der Waals surface area contributed by atoms with Gasteiger partial charge in [-0.1, -0.05) is 18.2 Å². The molecular formula is C33H43N7O6S. The molecule has 6 aliphatic heterocycles. The van der Waals surface area contributed by atoms with Crippen molar-refractivity contribution in [1.29, 1.82) is 0 Å². The molecule has 4 fully saturated rings. The van der Waals surface area contributed by atoms with Crippen LogP contribution in [0.1, 0.15) is 52.7 Å². The standard InChI is InChI=1S/C33H43N7O6S/c1-20-25-16-29(42)35-24-15-27(40(19-24)33(45)38-10-12-46-13-11-38)32(44)39-18-23(34-17-22-4-2-3-5-28(22)41)14-26(39)31(43)37-8-6-21(7-9-37)30(36-25)47-20/h2-5,21,23-24,26-27,34,41H,6-19H2,1H3,(H,35,42)/t23-,24+,26-,27-/m0/s1. The van der Waals surface area contributed by atoms with Crippen molar-refractivity contribution in [2.24, 2.45) is 0 Å². The molecule has 0 saturated carbocycles. The minimum atomic E-state index is -0.822. The molecule has 6 bridgehead atoms. The third kappa shape index (κ3) is 6.55. The van der Waals surface area contributed by atoms with Gasteiger partial charge in [0.1, 0.15) is 17.8 Å². The van der Waals surface area contributed by atoms with Gasteiger partial charge in [0.25, 0.3) is 0 Å². The average molecular weight is 666 g/mol. The normalized spacial score (nSPS) is 28.4. The molecule has 0 radical (unpaired) electrons. The molecule has 7 heterocycles. The summed E-state index contributed by atoms with van der Waals surface area (Å²) in [6.07, 6.45) is 2.38. The number of carbonyl (C=O) groups is 4. The number of aromatic hydroxyl groups is 1. The van der Waals surface area contributed by atoms with E-state index in [1.165, 1.54) is 0 Å². The molecule has 13 nitrogen and oxygen atoms in total. The summed E-state index contributed by atoms with van der Waals surface area (Å²) in [6, 6.07) is 4.75. The number of phenolic OH excluding ortho intramolecular Hbond substituents is 1.